The number of nitrogens with one attached hydrogen (secondary N) is 3. The summed E-state index contributed by atoms with van der Waals surface area (Å²) in [4.78, 5) is 32.6. The Morgan fingerprint density at radius 2 is 1.78 bits per heavy atom. The zero-order chi connectivity index (χ0) is 19.4. The van der Waals surface area contributed by atoms with Crippen molar-refractivity contribution < 1.29 is 9.59 Å². The summed E-state index contributed by atoms with van der Waals surface area (Å²) in [5.41, 5.74) is 3.63. The highest BCUT2D eigenvalue weighted by atomic mass is 16.2. The molecule has 0 unspecified atom stereocenters. The Labute approximate surface area is 158 Å². The van der Waals surface area contributed by atoms with Gasteiger partial charge in [-0.25, -0.2) is 4.98 Å². The van der Waals surface area contributed by atoms with Crippen LogP contribution in [0.1, 0.15) is 25.0 Å². The van der Waals surface area contributed by atoms with Gasteiger partial charge in [0.1, 0.15) is 6.04 Å². The zero-order valence-corrected chi connectivity index (χ0v) is 15.7. The summed E-state index contributed by atoms with van der Waals surface area (Å²) in [5.74, 6) is -0.153. The molecule has 1 aromatic heterocycles. The fourth-order valence-electron chi connectivity index (χ4n) is 2.95. The maximum Gasteiger partial charge on any atom is 0.249 e. The molecule has 0 radical (unpaired) electrons. The first-order chi connectivity index (χ1) is 12.9. The predicted octanol–water partition coefficient (Wildman–Crippen LogP) is 3.19. The summed E-state index contributed by atoms with van der Waals surface area (Å²) in [6.07, 6.45) is 0.244. The molecule has 6 nitrogen and oxygen atoms in total. The number of nitrogens with zero attached hydrogens (tertiary/aromatic N) is 1. The van der Waals surface area contributed by atoms with Gasteiger partial charge in [-0.15, -0.1) is 0 Å². The maximum atomic E-state index is 12.7. The fourth-order valence-corrected chi connectivity index (χ4v) is 2.95. The second kappa shape index (κ2) is 8.03. The van der Waals surface area contributed by atoms with Crippen LogP contribution in [0.2, 0.25) is 0 Å². The molecule has 0 fully saturated rings. The quantitative estimate of drug-likeness (QED) is 0.628. The molecule has 3 rings (SSSR count). The van der Waals surface area contributed by atoms with Gasteiger partial charge in [0.05, 0.1) is 17.5 Å². The van der Waals surface area contributed by atoms with E-state index in [-0.39, 0.29) is 24.2 Å². The lowest BCUT2D eigenvalue weighted by atomic mass is 10.0. The van der Waals surface area contributed by atoms with E-state index in [1.165, 1.54) is 0 Å². The number of aryl methyl sites for hydroxylation is 1. The number of imidazole rings is 1. The highest BCUT2D eigenvalue weighted by molar-refractivity contribution is 5.97. The lowest BCUT2D eigenvalue weighted by Crippen LogP contribution is -2.47. The largest absolute Gasteiger partial charge is 0.344 e. The van der Waals surface area contributed by atoms with Crippen LogP contribution in [0, 0.1) is 12.8 Å². The third-order valence-corrected chi connectivity index (χ3v) is 4.51. The molecule has 27 heavy (non-hydrogen) atoms. The first kappa shape index (κ1) is 18.6. The number of fused-ring (bicyclic) bond motifs is 1. The van der Waals surface area contributed by atoms with Crippen molar-refractivity contribution >= 4 is 28.8 Å². The van der Waals surface area contributed by atoms with Crippen LogP contribution in [-0.2, 0) is 16.0 Å². The monoisotopic (exact) mass is 364 g/mol. The van der Waals surface area contributed by atoms with E-state index < -0.39 is 6.04 Å². The summed E-state index contributed by atoms with van der Waals surface area (Å²) in [5, 5.41) is 5.63. The molecule has 1 atom stereocenters. The number of aromatic amines is 1. The van der Waals surface area contributed by atoms with Crippen molar-refractivity contribution in [3.05, 3.63) is 59.7 Å². The fraction of sp³-hybridized carbons (Fsp3) is 0.286. The SMILES string of the molecule is Cc1ccccc1CC(=O)N[C@@H](C(=O)Nc1nc2ccccc2[nH]1)C(C)C. The van der Waals surface area contributed by atoms with E-state index in [1.807, 2.05) is 69.3 Å². The van der Waals surface area contributed by atoms with Crippen molar-refractivity contribution in [2.45, 2.75) is 33.2 Å². The molecule has 2 aromatic carbocycles. The smallest absolute Gasteiger partial charge is 0.249 e. The van der Waals surface area contributed by atoms with Crippen LogP contribution in [0.15, 0.2) is 48.5 Å². The normalized spacial score (nSPS) is 12.1. The van der Waals surface area contributed by atoms with Crippen molar-refractivity contribution in [1.82, 2.24) is 15.3 Å². The number of hydrogen-bond donors (Lipinski definition) is 3. The molecule has 1 heterocycles. The van der Waals surface area contributed by atoms with E-state index in [1.54, 1.807) is 0 Å². The van der Waals surface area contributed by atoms with Gasteiger partial charge >= 0.3 is 0 Å². The average Bonchev–Trinajstić information content (AvgIpc) is 3.03. The molecular weight excluding hydrogens is 340 g/mol. The van der Waals surface area contributed by atoms with Crippen molar-refractivity contribution in [1.29, 1.82) is 0 Å². The Kier molecular flexibility index (Phi) is 5.54. The molecule has 0 saturated heterocycles. The van der Waals surface area contributed by atoms with Crippen LogP contribution >= 0.6 is 0 Å². The summed E-state index contributed by atoms with van der Waals surface area (Å²) in [7, 11) is 0. The number of para-hydroxylation sites is 2. The van der Waals surface area contributed by atoms with Crippen molar-refractivity contribution in [3.8, 4) is 0 Å². The second-order valence-corrected chi connectivity index (χ2v) is 6.98. The number of amides is 2. The van der Waals surface area contributed by atoms with Gasteiger partial charge in [0.2, 0.25) is 17.8 Å². The summed E-state index contributed by atoms with van der Waals surface area (Å²) in [6.45, 7) is 5.77. The summed E-state index contributed by atoms with van der Waals surface area (Å²) >= 11 is 0. The lowest BCUT2D eigenvalue weighted by Gasteiger charge is -2.21. The number of aromatic nitrogens is 2. The Balaban J connectivity index is 1.68. The molecule has 0 aliphatic heterocycles. The lowest BCUT2D eigenvalue weighted by molar-refractivity contribution is -0.127. The van der Waals surface area contributed by atoms with Gasteiger partial charge < -0.3 is 10.3 Å². The number of anilines is 1. The van der Waals surface area contributed by atoms with Crippen LogP contribution in [0.5, 0.6) is 0 Å². The molecule has 3 aromatic rings. The van der Waals surface area contributed by atoms with E-state index in [0.29, 0.717) is 5.95 Å². The predicted molar refractivity (Wildman–Crippen MR) is 106 cm³/mol. The van der Waals surface area contributed by atoms with Gasteiger partial charge in [-0.3, -0.25) is 14.9 Å². The van der Waals surface area contributed by atoms with Crippen molar-refractivity contribution in [2.24, 2.45) is 5.92 Å². The summed E-state index contributed by atoms with van der Waals surface area (Å²) in [6, 6.07) is 14.6. The summed E-state index contributed by atoms with van der Waals surface area (Å²) < 4.78 is 0. The molecule has 0 spiro atoms. The second-order valence-electron chi connectivity index (χ2n) is 6.98. The number of hydrogen-bond acceptors (Lipinski definition) is 3. The van der Waals surface area contributed by atoms with Crippen LogP contribution in [0.4, 0.5) is 5.95 Å². The van der Waals surface area contributed by atoms with Gasteiger partial charge in [-0.1, -0.05) is 50.2 Å². The topological polar surface area (TPSA) is 86.9 Å². The first-order valence-electron chi connectivity index (χ1n) is 9.03. The minimum Gasteiger partial charge on any atom is -0.344 e. The third kappa shape index (κ3) is 4.53. The highest BCUT2D eigenvalue weighted by Crippen LogP contribution is 2.14. The Morgan fingerprint density at radius 1 is 1.07 bits per heavy atom. The van der Waals surface area contributed by atoms with E-state index in [4.69, 9.17) is 0 Å². The van der Waals surface area contributed by atoms with Gasteiger partial charge in [0.25, 0.3) is 0 Å². The maximum absolute atomic E-state index is 12.7. The van der Waals surface area contributed by atoms with Crippen LogP contribution in [0.25, 0.3) is 11.0 Å². The first-order valence-corrected chi connectivity index (χ1v) is 9.03. The van der Waals surface area contributed by atoms with Gasteiger partial charge in [-0.05, 0) is 36.1 Å². The minimum atomic E-state index is -0.644. The standard InChI is InChI=1S/C21H24N4O2/c1-13(2)19(24-18(26)12-15-9-5-4-8-14(15)3)20(27)25-21-22-16-10-6-7-11-17(16)23-21/h4-11,13,19H,12H2,1-3H3,(H,24,26)(H2,22,23,25,27)/t19-/m1/s1. The Morgan fingerprint density at radius 3 is 2.48 bits per heavy atom. The Hall–Kier alpha value is -3.15. The van der Waals surface area contributed by atoms with E-state index in [0.717, 1.165) is 22.2 Å². The van der Waals surface area contributed by atoms with E-state index in [9.17, 15) is 9.59 Å². The van der Waals surface area contributed by atoms with Crippen LogP contribution < -0.4 is 10.6 Å². The minimum absolute atomic E-state index is 0.0600. The third-order valence-electron chi connectivity index (χ3n) is 4.51. The molecule has 0 bridgehead atoms. The van der Waals surface area contributed by atoms with Crippen LogP contribution in [0.3, 0.4) is 0 Å². The van der Waals surface area contributed by atoms with Crippen molar-refractivity contribution in [3.63, 3.8) is 0 Å². The number of H-pyrrole nitrogens is 1. The number of benzene rings is 2. The molecule has 6 heteroatoms. The molecular formula is C21H24N4O2. The Bertz CT molecular complexity index is 928. The molecule has 140 valence electrons. The highest BCUT2D eigenvalue weighted by Gasteiger charge is 2.25. The van der Waals surface area contributed by atoms with E-state index >= 15 is 0 Å². The number of carbonyl (C=O) groups excluding carboxylic acids is 2. The van der Waals surface area contributed by atoms with Crippen LogP contribution in [-0.4, -0.2) is 27.8 Å². The number of carbonyl (C=O) groups is 2. The van der Waals surface area contributed by atoms with Gasteiger partial charge in [-0.2, -0.15) is 0 Å². The van der Waals surface area contributed by atoms with E-state index in [2.05, 4.69) is 20.6 Å². The average molecular weight is 364 g/mol. The number of rotatable bonds is 6. The molecule has 0 aliphatic carbocycles. The zero-order valence-electron chi connectivity index (χ0n) is 15.7. The molecule has 2 amide bonds. The molecule has 0 saturated carbocycles. The van der Waals surface area contributed by atoms with Crippen molar-refractivity contribution in [2.75, 3.05) is 5.32 Å². The molecule has 3 N–H and O–H groups in total. The van der Waals surface area contributed by atoms with Gasteiger partial charge in [0, 0.05) is 0 Å². The van der Waals surface area contributed by atoms with Gasteiger partial charge in [0.15, 0.2) is 0 Å². The molecule has 0 aliphatic rings.